The largest absolute Gasteiger partial charge is 0.465 e. The Kier molecular flexibility index (Phi) is 8.49. The van der Waals surface area contributed by atoms with Crippen molar-refractivity contribution in [1.82, 2.24) is 4.90 Å². The van der Waals surface area contributed by atoms with Crippen LogP contribution in [0.5, 0.6) is 0 Å². The number of nitrogens with zero attached hydrogens (tertiary/aromatic N) is 2. The number of allylic oxidation sites excluding steroid dienone is 1. The van der Waals surface area contributed by atoms with E-state index in [0.29, 0.717) is 32.4 Å². The lowest BCUT2D eigenvalue weighted by Gasteiger charge is -2.37. The molecule has 3 saturated heterocycles. The predicted octanol–water partition coefficient (Wildman–Crippen LogP) is 3.81. The molecule has 4 rings (SSSR count). The van der Waals surface area contributed by atoms with Gasteiger partial charge in [0.25, 0.3) is 5.91 Å². The van der Waals surface area contributed by atoms with Crippen LogP contribution in [-0.4, -0.2) is 70.1 Å². The fraction of sp³-hybridized carbons (Fsp3) is 0.552. The van der Waals surface area contributed by atoms with E-state index >= 15 is 0 Å². The van der Waals surface area contributed by atoms with Crippen molar-refractivity contribution in [2.24, 2.45) is 11.8 Å². The molecule has 1 N–H and O–H groups in total. The molecule has 2 amide bonds. The summed E-state index contributed by atoms with van der Waals surface area (Å²) in [5, 5.41) is 9.52. The number of hydrogen-bond donors (Lipinski definition) is 1. The van der Waals surface area contributed by atoms with E-state index in [0.717, 1.165) is 29.7 Å². The number of amides is 2. The van der Waals surface area contributed by atoms with Crippen LogP contribution in [0.4, 0.5) is 5.69 Å². The minimum atomic E-state index is -0.718. The summed E-state index contributed by atoms with van der Waals surface area (Å²) in [4.78, 5) is 45.0. The van der Waals surface area contributed by atoms with Crippen molar-refractivity contribution in [3.05, 3.63) is 54.6 Å². The summed E-state index contributed by atoms with van der Waals surface area (Å²) < 4.78 is 4.93. The van der Waals surface area contributed by atoms with Gasteiger partial charge < -0.3 is 19.6 Å². The van der Waals surface area contributed by atoms with Crippen LogP contribution in [0.2, 0.25) is 0 Å². The van der Waals surface area contributed by atoms with Crippen LogP contribution in [0.3, 0.4) is 0 Å². The fourth-order valence-corrected chi connectivity index (χ4v) is 8.47. The number of aliphatic hydroxyl groups is 1. The highest BCUT2D eigenvalue weighted by Crippen LogP contribution is 2.66. The van der Waals surface area contributed by atoms with Crippen molar-refractivity contribution in [2.45, 2.75) is 62.0 Å². The Morgan fingerprint density at radius 2 is 2.05 bits per heavy atom. The monoisotopic (exact) mass is 526 g/mol. The third-order valence-corrected chi connectivity index (χ3v) is 9.85. The number of ether oxygens (including phenoxy) is 1. The zero-order chi connectivity index (χ0) is 26.7. The number of esters is 1. The SMILES string of the molecule is C=CCCCOC(=O)[C@@H]1[C@H]2C(=O)N(CCCO)C(C(=O)N(CC=C)c3cc(C)ccc3C)C23CC[C@H]1S3. The van der Waals surface area contributed by atoms with Crippen LogP contribution in [-0.2, 0) is 19.1 Å². The smallest absolute Gasteiger partial charge is 0.310 e. The van der Waals surface area contributed by atoms with E-state index in [1.54, 1.807) is 33.7 Å². The Labute approximate surface area is 223 Å². The van der Waals surface area contributed by atoms with Gasteiger partial charge >= 0.3 is 5.97 Å². The summed E-state index contributed by atoms with van der Waals surface area (Å²) in [6.45, 7) is 12.3. The second-order valence-electron chi connectivity index (χ2n) is 10.3. The first-order valence-corrected chi connectivity index (χ1v) is 14.0. The maximum atomic E-state index is 14.4. The number of benzene rings is 1. The summed E-state index contributed by atoms with van der Waals surface area (Å²) in [7, 11) is 0. The van der Waals surface area contributed by atoms with Crippen LogP contribution < -0.4 is 4.90 Å². The van der Waals surface area contributed by atoms with Gasteiger partial charge in [-0.05, 0) is 63.1 Å². The third kappa shape index (κ3) is 4.86. The van der Waals surface area contributed by atoms with E-state index in [9.17, 15) is 19.5 Å². The summed E-state index contributed by atoms with van der Waals surface area (Å²) in [5.41, 5.74) is 2.80. The van der Waals surface area contributed by atoms with E-state index in [1.165, 1.54) is 0 Å². The molecule has 2 bridgehead atoms. The van der Waals surface area contributed by atoms with Gasteiger partial charge in [-0.25, -0.2) is 0 Å². The van der Waals surface area contributed by atoms with Gasteiger partial charge in [0.15, 0.2) is 0 Å². The van der Waals surface area contributed by atoms with Gasteiger partial charge in [0.05, 0.1) is 23.2 Å². The molecule has 0 aromatic heterocycles. The molecule has 0 radical (unpaired) electrons. The number of unbranched alkanes of at least 4 members (excludes halogenated alkanes) is 1. The molecule has 5 atom stereocenters. The van der Waals surface area contributed by atoms with Crippen molar-refractivity contribution in [3.63, 3.8) is 0 Å². The summed E-state index contributed by atoms with van der Waals surface area (Å²) >= 11 is 1.63. The fourth-order valence-electron chi connectivity index (χ4n) is 6.27. The Morgan fingerprint density at radius 3 is 2.76 bits per heavy atom. The lowest BCUT2D eigenvalue weighted by Crippen LogP contribution is -2.55. The average molecular weight is 527 g/mol. The summed E-state index contributed by atoms with van der Waals surface area (Å²) in [6, 6.07) is 5.28. The zero-order valence-corrected chi connectivity index (χ0v) is 22.7. The minimum Gasteiger partial charge on any atom is -0.465 e. The van der Waals surface area contributed by atoms with E-state index in [1.807, 2.05) is 32.0 Å². The number of fused-ring (bicyclic) bond motifs is 1. The van der Waals surface area contributed by atoms with Crippen LogP contribution in [0.1, 0.15) is 43.2 Å². The van der Waals surface area contributed by atoms with Crippen molar-refractivity contribution < 1.29 is 24.2 Å². The molecular weight excluding hydrogens is 488 g/mol. The average Bonchev–Trinajstić information content (AvgIpc) is 3.52. The van der Waals surface area contributed by atoms with Crippen molar-refractivity contribution >= 4 is 35.2 Å². The molecule has 2 unspecified atom stereocenters. The molecule has 7 nitrogen and oxygen atoms in total. The van der Waals surface area contributed by atoms with E-state index in [2.05, 4.69) is 13.2 Å². The molecule has 3 fully saturated rings. The topological polar surface area (TPSA) is 87.1 Å². The number of aryl methyl sites for hydroxylation is 2. The van der Waals surface area contributed by atoms with Gasteiger partial charge in [-0.3, -0.25) is 14.4 Å². The van der Waals surface area contributed by atoms with Gasteiger partial charge in [-0.15, -0.1) is 24.9 Å². The molecule has 1 aromatic carbocycles. The number of thioether (sulfide) groups is 1. The van der Waals surface area contributed by atoms with Gasteiger partial charge in [0, 0.05) is 30.6 Å². The molecule has 37 heavy (non-hydrogen) atoms. The van der Waals surface area contributed by atoms with Crippen molar-refractivity contribution in [1.29, 1.82) is 0 Å². The molecular formula is C29H38N2O5S. The number of rotatable bonds is 12. The van der Waals surface area contributed by atoms with Crippen LogP contribution in [0, 0.1) is 25.7 Å². The standard InChI is InChI=1S/C29H38N2O5S/c1-5-7-8-17-36-28(35)23-22-12-13-29(37-22)24(23)26(33)31(15-9-16-32)25(29)27(34)30(14-6-2)21-18-19(3)10-11-20(21)4/h5-6,10-11,18,22-25,32H,1-2,7-9,12-17H2,3-4H3/t22-,23+,24+,25?,29?/m1/s1. The Hall–Kier alpha value is -2.58. The lowest BCUT2D eigenvalue weighted by atomic mass is 9.71. The number of anilines is 1. The first-order chi connectivity index (χ1) is 17.8. The van der Waals surface area contributed by atoms with Crippen LogP contribution in [0.15, 0.2) is 43.5 Å². The van der Waals surface area contributed by atoms with Gasteiger partial charge in [0.2, 0.25) is 5.91 Å². The maximum Gasteiger partial charge on any atom is 0.310 e. The maximum absolute atomic E-state index is 14.4. The highest BCUT2D eigenvalue weighted by Gasteiger charge is 2.74. The van der Waals surface area contributed by atoms with Crippen LogP contribution >= 0.6 is 11.8 Å². The number of carbonyl (C=O) groups excluding carboxylic acids is 3. The van der Waals surface area contributed by atoms with E-state index in [-0.39, 0.29) is 36.2 Å². The summed E-state index contributed by atoms with van der Waals surface area (Å²) in [6.07, 6.45) is 6.77. The first-order valence-electron chi connectivity index (χ1n) is 13.2. The number of aliphatic hydroxyl groups excluding tert-OH is 1. The van der Waals surface area contributed by atoms with E-state index < -0.39 is 22.6 Å². The predicted molar refractivity (Wildman–Crippen MR) is 146 cm³/mol. The Morgan fingerprint density at radius 1 is 1.27 bits per heavy atom. The second kappa shape index (κ2) is 11.4. The van der Waals surface area contributed by atoms with Gasteiger partial charge in [0.1, 0.15) is 6.04 Å². The second-order valence-corrected chi connectivity index (χ2v) is 11.9. The molecule has 200 valence electrons. The highest BCUT2D eigenvalue weighted by molar-refractivity contribution is 8.02. The highest BCUT2D eigenvalue weighted by atomic mass is 32.2. The van der Waals surface area contributed by atoms with Gasteiger partial charge in [-0.2, -0.15) is 0 Å². The summed E-state index contributed by atoms with van der Waals surface area (Å²) in [5.74, 6) is -1.82. The molecule has 3 aliphatic rings. The van der Waals surface area contributed by atoms with Crippen LogP contribution in [0.25, 0.3) is 0 Å². The van der Waals surface area contributed by atoms with E-state index in [4.69, 9.17) is 4.74 Å². The normalized spacial score (nSPS) is 27.8. The third-order valence-electron chi connectivity index (χ3n) is 7.89. The molecule has 0 saturated carbocycles. The Balaban J connectivity index is 1.70. The number of carbonyl (C=O) groups is 3. The number of hydrogen-bond acceptors (Lipinski definition) is 6. The molecule has 0 aliphatic carbocycles. The van der Waals surface area contributed by atoms with Crippen molar-refractivity contribution in [3.8, 4) is 0 Å². The minimum absolute atomic E-state index is 0.0373. The lowest BCUT2D eigenvalue weighted by molar-refractivity contribution is -0.154. The quantitative estimate of drug-likeness (QED) is 0.253. The molecule has 3 aliphatic heterocycles. The molecule has 1 spiro atoms. The van der Waals surface area contributed by atoms with Crippen molar-refractivity contribution in [2.75, 3.05) is 31.2 Å². The Bertz CT molecular complexity index is 1070. The number of likely N-dealkylation sites (tertiary alicyclic amines) is 1. The molecule has 1 aromatic rings. The van der Waals surface area contributed by atoms with Gasteiger partial charge in [-0.1, -0.05) is 24.3 Å². The first kappa shape index (κ1) is 27.5. The zero-order valence-electron chi connectivity index (χ0n) is 21.9. The molecule has 8 heteroatoms. The molecule has 3 heterocycles.